The minimum Gasteiger partial charge on any atom is -0.496 e. The molecule has 0 amide bonds. The van der Waals surface area contributed by atoms with E-state index in [4.69, 9.17) is 13.7 Å². The molecule has 120 valence electrons. The number of hydrogen-bond acceptors (Lipinski definition) is 7. The lowest BCUT2D eigenvalue weighted by atomic mass is 10.2. The van der Waals surface area contributed by atoms with Crippen molar-refractivity contribution in [2.24, 2.45) is 0 Å². The largest absolute Gasteiger partial charge is 0.496 e. The van der Waals surface area contributed by atoms with Crippen LogP contribution in [0.5, 0.6) is 5.75 Å². The Labute approximate surface area is 141 Å². The third-order valence-electron chi connectivity index (χ3n) is 3.41. The first-order chi connectivity index (χ1) is 11.8. The van der Waals surface area contributed by atoms with Crippen LogP contribution in [-0.4, -0.2) is 22.2 Å². The molecule has 0 bridgehead atoms. The highest BCUT2D eigenvalue weighted by atomic mass is 32.2. The minimum atomic E-state index is 0.481. The number of methoxy groups -OCH3 is 1. The van der Waals surface area contributed by atoms with Gasteiger partial charge in [0.1, 0.15) is 11.3 Å². The van der Waals surface area contributed by atoms with E-state index in [-0.39, 0.29) is 0 Å². The molecule has 2 aromatic carbocycles. The number of thioether (sulfide) groups is 1. The quantitative estimate of drug-likeness (QED) is 0.505. The van der Waals surface area contributed by atoms with Crippen LogP contribution in [0.25, 0.3) is 22.5 Å². The van der Waals surface area contributed by atoms with E-state index >= 15 is 0 Å². The molecular weight excluding hydrogens is 326 g/mol. The molecule has 0 spiro atoms. The van der Waals surface area contributed by atoms with E-state index in [0.717, 1.165) is 16.7 Å². The molecule has 0 N–H and O–H groups in total. The van der Waals surface area contributed by atoms with Gasteiger partial charge in [0, 0.05) is 0 Å². The Morgan fingerprint density at radius 2 is 1.88 bits per heavy atom. The second-order valence-electron chi connectivity index (χ2n) is 4.95. The normalized spacial score (nSPS) is 11.0. The summed E-state index contributed by atoms with van der Waals surface area (Å²) in [5.74, 6) is 2.19. The highest BCUT2D eigenvalue weighted by Crippen LogP contribution is 2.29. The summed E-state index contributed by atoms with van der Waals surface area (Å²) in [6.07, 6.45) is 0. The van der Waals surface area contributed by atoms with Crippen LogP contribution in [-0.2, 0) is 5.75 Å². The van der Waals surface area contributed by atoms with Crippen LogP contribution in [0.15, 0.2) is 62.7 Å². The third-order valence-corrected chi connectivity index (χ3v) is 4.22. The monoisotopic (exact) mass is 339 g/mol. The predicted octanol–water partition coefficient (Wildman–Crippen LogP) is 4.18. The van der Waals surface area contributed by atoms with E-state index in [9.17, 15) is 0 Å². The molecule has 0 aliphatic carbocycles. The van der Waals surface area contributed by atoms with Crippen LogP contribution in [0.4, 0.5) is 0 Å². The second-order valence-corrected chi connectivity index (χ2v) is 5.87. The Balaban J connectivity index is 1.51. The van der Waals surface area contributed by atoms with E-state index < -0.39 is 0 Å². The molecule has 0 saturated heterocycles. The van der Waals surface area contributed by atoms with Crippen LogP contribution in [0, 0.1) is 0 Å². The highest BCUT2D eigenvalue weighted by Gasteiger charge is 2.14. The molecule has 2 aromatic heterocycles. The maximum atomic E-state index is 5.66. The molecule has 0 atom stereocenters. The molecule has 0 aliphatic heterocycles. The summed E-state index contributed by atoms with van der Waals surface area (Å²) >= 11 is 1.41. The zero-order chi connectivity index (χ0) is 16.4. The molecule has 6 nitrogen and oxygen atoms in total. The fraction of sp³-hybridized carbons (Fsp3) is 0.118. The molecule has 4 aromatic rings. The number of ether oxygens (including phenoxy) is 1. The van der Waals surface area contributed by atoms with Gasteiger partial charge in [-0.15, -0.1) is 0 Å². The van der Waals surface area contributed by atoms with Crippen molar-refractivity contribution in [3.05, 3.63) is 54.4 Å². The van der Waals surface area contributed by atoms with Gasteiger partial charge >= 0.3 is 0 Å². The summed E-state index contributed by atoms with van der Waals surface area (Å²) in [6.45, 7) is 0. The van der Waals surface area contributed by atoms with Crippen molar-refractivity contribution in [3.63, 3.8) is 0 Å². The van der Waals surface area contributed by atoms with Gasteiger partial charge in [0.05, 0.1) is 18.4 Å². The summed E-state index contributed by atoms with van der Waals surface area (Å²) in [5.41, 5.74) is 2.39. The van der Waals surface area contributed by atoms with Crippen molar-refractivity contribution in [2.75, 3.05) is 7.11 Å². The molecular formula is C17H13N3O3S. The van der Waals surface area contributed by atoms with Gasteiger partial charge in [-0.2, -0.15) is 4.98 Å². The number of aromatic nitrogens is 3. The lowest BCUT2D eigenvalue weighted by Crippen LogP contribution is -1.89. The molecule has 0 saturated carbocycles. The first-order valence-electron chi connectivity index (χ1n) is 7.28. The van der Waals surface area contributed by atoms with Crippen LogP contribution in [0.1, 0.15) is 5.89 Å². The average molecular weight is 339 g/mol. The first-order valence-corrected chi connectivity index (χ1v) is 8.26. The van der Waals surface area contributed by atoms with E-state index in [2.05, 4.69) is 15.1 Å². The van der Waals surface area contributed by atoms with Crippen molar-refractivity contribution >= 4 is 22.9 Å². The molecule has 4 rings (SSSR count). The third kappa shape index (κ3) is 2.85. The Morgan fingerprint density at radius 1 is 1.04 bits per heavy atom. The number of benzene rings is 2. The lowest BCUT2D eigenvalue weighted by Gasteiger charge is -2.02. The predicted molar refractivity (Wildman–Crippen MR) is 89.9 cm³/mol. The van der Waals surface area contributed by atoms with Gasteiger partial charge in [0.2, 0.25) is 11.7 Å². The number of nitrogens with zero attached hydrogens (tertiary/aromatic N) is 3. The maximum absolute atomic E-state index is 5.66. The van der Waals surface area contributed by atoms with Gasteiger partial charge in [-0.05, 0) is 24.3 Å². The van der Waals surface area contributed by atoms with Crippen molar-refractivity contribution < 1.29 is 13.7 Å². The topological polar surface area (TPSA) is 74.2 Å². The Bertz CT molecular complexity index is 947. The summed E-state index contributed by atoms with van der Waals surface area (Å²) < 4.78 is 16.3. The van der Waals surface area contributed by atoms with E-state index in [0.29, 0.717) is 28.4 Å². The molecule has 0 aliphatic rings. The van der Waals surface area contributed by atoms with E-state index in [1.165, 1.54) is 11.8 Å². The minimum absolute atomic E-state index is 0.481. The van der Waals surface area contributed by atoms with Crippen LogP contribution < -0.4 is 4.74 Å². The SMILES string of the molecule is COc1ccccc1-c1noc(CSc2nc3ccccc3o2)n1. The number of hydrogen-bond donors (Lipinski definition) is 0. The zero-order valence-corrected chi connectivity index (χ0v) is 13.6. The Kier molecular flexibility index (Phi) is 3.92. The molecule has 24 heavy (non-hydrogen) atoms. The fourth-order valence-corrected chi connectivity index (χ4v) is 2.96. The summed E-state index contributed by atoms with van der Waals surface area (Å²) in [7, 11) is 1.61. The zero-order valence-electron chi connectivity index (χ0n) is 12.8. The molecule has 7 heteroatoms. The van der Waals surface area contributed by atoms with Gasteiger partial charge in [-0.1, -0.05) is 41.2 Å². The fourth-order valence-electron chi connectivity index (χ4n) is 2.29. The molecule has 0 unspecified atom stereocenters. The number of rotatable bonds is 5. The van der Waals surface area contributed by atoms with Crippen molar-refractivity contribution in [2.45, 2.75) is 11.0 Å². The molecule has 0 radical (unpaired) electrons. The summed E-state index contributed by atoms with van der Waals surface area (Å²) in [4.78, 5) is 8.82. The summed E-state index contributed by atoms with van der Waals surface area (Å²) in [6, 6.07) is 15.2. The lowest BCUT2D eigenvalue weighted by molar-refractivity contribution is 0.389. The van der Waals surface area contributed by atoms with Crippen molar-refractivity contribution in [3.8, 4) is 17.1 Å². The second kappa shape index (κ2) is 6.37. The first kappa shape index (κ1) is 14.8. The molecule has 2 heterocycles. The standard InChI is InChI=1S/C17H13N3O3S/c1-21-13-8-4-2-6-11(13)16-19-15(23-20-16)10-24-17-18-12-7-3-5-9-14(12)22-17/h2-9H,10H2,1H3. The number of para-hydroxylation sites is 3. The van der Waals surface area contributed by atoms with E-state index in [1.54, 1.807) is 7.11 Å². The number of fused-ring (bicyclic) bond motifs is 1. The number of oxazole rings is 1. The molecule has 0 fully saturated rings. The van der Waals surface area contributed by atoms with Gasteiger partial charge in [-0.3, -0.25) is 0 Å². The van der Waals surface area contributed by atoms with Crippen LogP contribution >= 0.6 is 11.8 Å². The van der Waals surface area contributed by atoms with E-state index in [1.807, 2.05) is 48.5 Å². The van der Waals surface area contributed by atoms with Gasteiger partial charge in [0.25, 0.3) is 5.22 Å². The van der Waals surface area contributed by atoms with Crippen LogP contribution in [0.3, 0.4) is 0 Å². The van der Waals surface area contributed by atoms with Gasteiger partial charge in [-0.25, -0.2) is 4.98 Å². The van der Waals surface area contributed by atoms with Crippen LogP contribution in [0.2, 0.25) is 0 Å². The smallest absolute Gasteiger partial charge is 0.257 e. The Hall–Kier alpha value is -2.80. The highest BCUT2D eigenvalue weighted by molar-refractivity contribution is 7.98. The Morgan fingerprint density at radius 3 is 2.75 bits per heavy atom. The maximum Gasteiger partial charge on any atom is 0.257 e. The summed E-state index contributed by atoms with van der Waals surface area (Å²) in [5, 5.41) is 4.60. The van der Waals surface area contributed by atoms with Crippen molar-refractivity contribution in [1.82, 2.24) is 15.1 Å². The van der Waals surface area contributed by atoms with Gasteiger partial charge in [0.15, 0.2) is 5.58 Å². The van der Waals surface area contributed by atoms with Crippen molar-refractivity contribution in [1.29, 1.82) is 0 Å². The average Bonchev–Trinajstić information content (AvgIpc) is 3.26. The van der Waals surface area contributed by atoms with Gasteiger partial charge < -0.3 is 13.7 Å².